The molecule has 2 nitrogen and oxygen atoms in total. The van der Waals surface area contributed by atoms with Crippen molar-refractivity contribution in [3.05, 3.63) is 200 Å². The minimum Gasteiger partial charge on any atom is -0.456 e. The van der Waals surface area contributed by atoms with E-state index in [2.05, 4.69) is 193 Å². The molecule has 0 bridgehead atoms. The van der Waals surface area contributed by atoms with Crippen molar-refractivity contribution in [2.24, 2.45) is 0 Å². The summed E-state index contributed by atoms with van der Waals surface area (Å²) in [6.07, 6.45) is 0. The summed E-state index contributed by atoms with van der Waals surface area (Å²) in [5.41, 5.74) is 14.4. The van der Waals surface area contributed by atoms with Gasteiger partial charge in [-0.15, -0.1) is 0 Å². The Hall–Kier alpha value is -6.64. The number of hydrogen-bond donors (Lipinski definition) is 0. The van der Waals surface area contributed by atoms with Crippen LogP contribution >= 0.6 is 0 Å². The van der Waals surface area contributed by atoms with Crippen LogP contribution in [-0.2, 0) is 0 Å². The Morgan fingerprint density at radius 3 is 1.26 bits per heavy atom. The molecule has 236 valence electrons. The first-order valence-electron chi connectivity index (χ1n) is 17.0. The minimum absolute atomic E-state index is 0.866. The van der Waals surface area contributed by atoms with Crippen LogP contribution in [0, 0.1) is 0 Å². The molecule has 0 amide bonds. The highest BCUT2D eigenvalue weighted by atomic mass is 16.3. The van der Waals surface area contributed by atoms with Crippen molar-refractivity contribution in [1.29, 1.82) is 0 Å². The fourth-order valence-corrected chi connectivity index (χ4v) is 7.13. The van der Waals surface area contributed by atoms with Gasteiger partial charge in [0, 0.05) is 33.9 Å². The van der Waals surface area contributed by atoms with Gasteiger partial charge >= 0.3 is 0 Å². The fourth-order valence-electron chi connectivity index (χ4n) is 7.13. The van der Waals surface area contributed by atoms with E-state index in [1.165, 1.54) is 33.4 Å². The van der Waals surface area contributed by atoms with E-state index in [0.717, 1.165) is 50.1 Å². The third kappa shape index (κ3) is 5.43. The van der Waals surface area contributed by atoms with Gasteiger partial charge in [-0.25, -0.2) is 0 Å². The molecule has 9 rings (SSSR count). The van der Waals surface area contributed by atoms with Crippen LogP contribution in [0.2, 0.25) is 0 Å². The van der Waals surface area contributed by atoms with Crippen LogP contribution in [0.5, 0.6) is 0 Å². The van der Waals surface area contributed by atoms with E-state index in [-0.39, 0.29) is 0 Å². The number of furan rings is 1. The van der Waals surface area contributed by atoms with Crippen LogP contribution in [0.4, 0.5) is 17.1 Å². The van der Waals surface area contributed by atoms with Gasteiger partial charge in [0.15, 0.2) is 0 Å². The molecule has 9 aromatic rings. The summed E-state index contributed by atoms with van der Waals surface area (Å²) in [6.45, 7) is 0. The van der Waals surface area contributed by atoms with E-state index < -0.39 is 0 Å². The van der Waals surface area contributed by atoms with Gasteiger partial charge in [0.25, 0.3) is 0 Å². The number of benzene rings is 8. The molecule has 0 atom stereocenters. The smallest absolute Gasteiger partial charge is 0.137 e. The molecule has 0 fully saturated rings. The van der Waals surface area contributed by atoms with E-state index in [0.29, 0.717) is 0 Å². The number of rotatable bonds is 7. The number of anilines is 3. The zero-order chi connectivity index (χ0) is 33.3. The monoisotopic (exact) mass is 639 g/mol. The quantitative estimate of drug-likeness (QED) is 0.173. The van der Waals surface area contributed by atoms with Crippen LogP contribution in [0.25, 0.3) is 66.4 Å². The van der Waals surface area contributed by atoms with Gasteiger partial charge in [-0.1, -0.05) is 152 Å². The zero-order valence-electron chi connectivity index (χ0n) is 27.4. The van der Waals surface area contributed by atoms with Crippen LogP contribution < -0.4 is 4.90 Å². The molecule has 0 aliphatic rings. The van der Waals surface area contributed by atoms with Crippen LogP contribution in [0.3, 0.4) is 0 Å². The van der Waals surface area contributed by atoms with Crippen molar-refractivity contribution < 1.29 is 4.42 Å². The van der Waals surface area contributed by atoms with Crippen molar-refractivity contribution >= 4 is 39.0 Å². The van der Waals surface area contributed by atoms with Crippen molar-refractivity contribution in [2.45, 2.75) is 0 Å². The zero-order valence-corrected chi connectivity index (χ0v) is 27.4. The summed E-state index contributed by atoms with van der Waals surface area (Å²) in [4.78, 5) is 2.34. The first-order valence-corrected chi connectivity index (χ1v) is 17.0. The summed E-state index contributed by atoms with van der Waals surface area (Å²) in [6, 6.07) is 71.1. The van der Waals surface area contributed by atoms with E-state index in [1.807, 2.05) is 12.1 Å². The Morgan fingerprint density at radius 1 is 0.280 bits per heavy atom. The van der Waals surface area contributed by atoms with Gasteiger partial charge in [0.1, 0.15) is 11.2 Å². The van der Waals surface area contributed by atoms with Crippen LogP contribution in [0.1, 0.15) is 0 Å². The predicted octanol–water partition coefficient (Wildman–Crippen LogP) is 13.7. The lowest BCUT2D eigenvalue weighted by Crippen LogP contribution is -2.10. The van der Waals surface area contributed by atoms with Gasteiger partial charge in [0.2, 0.25) is 0 Å². The molecule has 0 N–H and O–H groups in total. The lowest BCUT2D eigenvalue weighted by Gasteiger charge is -2.27. The molecular formula is C48H33NO. The molecular weight excluding hydrogens is 607 g/mol. The average molecular weight is 640 g/mol. The van der Waals surface area contributed by atoms with E-state index >= 15 is 0 Å². The first kappa shape index (κ1) is 29.5. The molecule has 50 heavy (non-hydrogen) atoms. The molecule has 0 unspecified atom stereocenters. The minimum atomic E-state index is 0.866. The Morgan fingerprint density at radius 2 is 0.700 bits per heavy atom. The largest absolute Gasteiger partial charge is 0.456 e. The maximum atomic E-state index is 6.40. The van der Waals surface area contributed by atoms with E-state index in [4.69, 9.17) is 4.42 Å². The Labute approximate surface area is 292 Å². The number of nitrogens with zero attached hydrogens (tertiary/aromatic N) is 1. The van der Waals surface area contributed by atoms with Crippen LogP contribution in [-0.4, -0.2) is 0 Å². The molecule has 0 saturated carbocycles. The van der Waals surface area contributed by atoms with Gasteiger partial charge < -0.3 is 9.32 Å². The molecule has 0 aliphatic carbocycles. The molecule has 0 radical (unpaired) electrons. The van der Waals surface area contributed by atoms with E-state index in [9.17, 15) is 0 Å². The Kier molecular flexibility index (Phi) is 7.53. The van der Waals surface area contributed by atoms with Crippen molar-refractivity contribution in [1.82, 2.24) is 0 Å². The Bertz CT molecular complexity index is 2470. The van der Waals surface area contributed by atoms with Crippen LogP contribution in [0.15, 0.2) is 205 Å². The maximum Gasteiger partial charge on any atom is 0.137 e. The second kappa shape index (κ2) is 12.8. The summed E-state index contributed by atoms with van der Waals surface area (Å²) in [5.74, 6) is 0. The topological polar surface area (TPSA) is 16.4 Å². The van der Waals surface area contributed by atoms with Gasteiger partial charge in [-0.3, -0.25) is 0 Å². The second-order valence-electron chi connectivity index (χ2n) is 12.5. The van der Waals surface area contributed by atoms with Crippen molar-refractivity contribution in [3.8, 4) is 44.5 Å². The third-order valence-corrected chi connectivity index (χ3v) is 9.47. The maximum absolute atomic E-state index is 6.40. The molecule has 1 heterocycles. The van der Waals surface area contributed by atoms with Crippen molar-refractivity contribution in [2.75, 3.05) is 4.90 Å². The normalized spacial score (nSPS) is 11.2. The number of hydrogen-bond acceptors (Lipinski definition) is 2. The fraction of sp³-hybridized carbons (Fsp3) is 0. The Balaban J connectivity index is 1.22. The second-order valence-corrected chi connectivity index (χ2v) is 12.5. The highest BCUT2D eigenvalue weighted by Crippen LogP contribution is 2.42. The van der Waals surface area contributed by atoms with Gasteiger partial charge in [-0.05, 0) is 87.0 Å². The van der Waals surface area contributed by atoms with E-state index in [1.54, 1.807) is 0 Å². The summed E-state index contributed by atoms with van der Waals surface area (Å²) >= 11 is 0. The number of para-hydroxylation sites is 1. The molecule has 2 heteroatoms. The molecule has 0 saturated heterocycles. The van der Waals surface area contributed by atoms with Gasteiger partial charge in [0.05, 0.1) is 0 Å². The third-order valence-electron chi connectivity index (χ3n) is 9.47. The highest BCUT2D eigenvalue weighted by molar-refractivity contribution is 6.06. The molecule has 1 aromatic heterocycles. The lowest BCUT2D eigenvalue weighted by atomic mass is 9.93. The first-order chi connectivity index (χ1) is 24.8. The average Bonchev–Trinajstić information content (AvgIpc) is 3.57. The highest BCUT2D eigenvalue weighted by Gasteiger charge is 2.18. The van der Waals surface area contributed by atoms with Gasteiger partial charge in [-0.2, -0.15) is 0 Å². The molecule has 0 aliphatic heterocycles. The standard InChI is InChI=1S/C48H33NO/c1-3-15-34(16-4-1)41-23-7-9-25-43(41)36-19-13-21-38(31-36)49(40-29-30-46-45-27-11-12-28-47(45)50-48(46)33-40)39-22-14-20-37(32-39)44-26-10-8-24-42(44)35-17-5-2-6-18-35/h1-33H. The predicted molar refractivity (Wildman–Crippen MR) is 210 cm³/mol. The van der Waals surface area contributed by atoms with Crippen molar-refractivity contribution in [3.63, 3.8) is 0 Å². The lowest BCUT2D eigenvalue weighted by molar-refractivity contribution is 0.669. The molecule has 0 spiro atoms. The summed E-state index contributed by atoms with van der Waals surface area (Å²) in [7, 11) is 0. The molecule has 8 aromatic carbocycles. The summed E-state index contributed by atoms with van der Waals surface area (Å²) < 4.78 is 6.40. The summed E-state index contributed by atoms with van der Waals surface area (Å²) in [5, 5.41) is 2.24. The number of fused-ring (bicyclic) bond motifs is 3. The SMILES string of the molecule is c1ccc(-c2ccccc2-c2cccc(N(c3cccc(-c4ccccc4-c4ccccc4)c3)c3ccc4c(c3)oc3ccccc34)c2)cc1.